The number of likely N-dealkylation sites (tertiary alicyclic amines) is 1. The number of nitrogens with zero attached hydrogens (tertiary/aromatic N) is 1. The first-order valence-electron chi connectivity index (χ1n) is 6.39. The van der Waals surface area contributed by atoms with Crippen molar-refractivity contribution in [2.24, 2.45) is 11.8 Å². The van der Waals surface area contributed by atoms with Crippen LogP contribution < -0.4 is 0 Å². The summed E-state index contributed by atoms with van der Waals surface area (Å²) in [7, 11) is 0. The summed E-state index contributed by atoms with van der Waals surface area (Å²) in [6.45, 7) is 8.64. The zero-order valence-corrected chi connectivity index (χ0v) is 11.6. The van der Waals surface area contributed by atoms with Crippen LogP contribution >= 0.6 is 0 Å². The van der Waals surface area contributed by atoms with Crippen molar-refractivity contribution in [2.45, 2.75) is 46.1 Å². The number of carboxylic acid groups (broad SMARTS) is 1. The molecule has 0 aliphatic carbocycles. The predicted octanol–water partition coefficient (Wildman–Crippen LogP) is 2.35. The second-order valence-corrected chi connectivity index (χ2v) is 6.05. The van der Waals surface area contributed by atoms with Crippen LogP contribution in [0.15, 0.2) is 0 Å². The van der Waals surface area contributed by atoms with Crippen LogP contribution in [-0.4, -0.2) is 40.8 Å². The van der Waals surface area contributed by atoms with E-state index in [4.69, 9.17) is 9.84 Å². The topological polar surface area (TPSA) is 66.8 Å². The maximum atomic E-state index is 11.9. The van der Waals surface area contributed by atoms with Crippen LogP contribution in [0.5, 0.6) is 0 Å². The third kappa shape index (κ3) is 4.55. The molecule has 2 unspecified atom stereocenters. The Morgan fingerprint density at radius 2 is 2.00 bits per heavy atom. The number of piperidine rings is 1. The number of aliphatic carboxylic acids is 1. The van der Waals surface area contributed by atoms with Crippen molar-refractivity contribution in [3.63, 3.8) is 0 Å². The van der Waals surface area contributed by atoms with E-state index in [1.807, 2.05) is 27.7 Å². The molecule has 0 bridgehead atoms. The quantitative estimate of drug-likeness (QED) is 0.824. The molecule has 0 saturated carbocycles. The second-order valence-electron chi connectivity index (χ2n) is 6.05. The number of hydrogen-bond acceptors (Lipinski definition) is 3. The third-order valence-corrected chi connectivity index (χ3v) is 3.20. The summed E-state index contributed by atoms with van der Waals surface area (Å²) in [5.41, 5.74) is -0.511. The number of carbonyl (C=O) groups excluding carboxylic acids is 1. The Morgan fingerprint density at radius 3 is 2.50 bits per heavy atom. The van der Waals surface area contributed by atoms with E-state index in [9.17, 15) is 9.59 Å². The van der Waals surface area contributed by atoms with Crippen molar-refractivity contribution in [1.82, 2.24) is 4.90 Å². The van der Waals surface area contributed by atoms with Crippen LogP contribution in [-0.2, 0) is 9.53 Å². The minimum absolute atomic E-state index is 0.0174. The molecule has 18 heavy (non-hydrogen) atoms. The summed E-state index contributed by atoms with van der Waals surface area (Å²) in [4.78, 5) is 24.3. The van der Waals surface area contributed by atoms with E-state index in [0.29, 0.717) is 19.0 Å². The highest BCUT2D eigenvalue weighted by Crippen LogP contribution is 2.26. The molecule has 2 atom stereocenters. The molecule has 0 aromatic heterocycles. The number of amides is 1. The molecule has 5 heteroatoms. The second kappa shape index (κ2) is 5.59. The first-order valence-corrected chi connectivity index (χ1v) is 6.39. The lowest BCUT2D eigenvalue weighted by Crippen LogP contribution is -2.45. The molecule has 1 rings (SSSR count). The summed E-state index contributed by atoms with van der Waals surface area (Å²) in [6.07, 6.45) is 0.599. The third-order valence-electron chi connectivity index (χ3n) is 3.20. The van der Waals surface area contributed by atoms with Crippen LogP contribution in [0.2, 0.25) is 0 Å². The lowest BCUT2D eigenvalue weighted by atomic mass is 9.85. The van der Waals surface area contributed by atoms with Gasteiger partial charge in [-0.25, -0.2) is 4.79 Å². The highest BCUT2D eigenvalue weighted by molar-refractivity contribution is 5.69. The van der Waals surface area contributed by atoms with Crippen LogP contribution in [0, 0.1) is 11.8 Å². The number of rotatable bonds is 2. The van der Waals surface area contributed by atoms with E-state index in [1.54, 1.807) is 4.90 Å². The number of ether oxygens (including phenoxy) is 1. The fourth-order valence-electron chi connectivity index (χ4n) is 2.13. The molecule has 1 heterocycles. The van der Waals surface area contributed by atoms with Crippen molar-refractivity contribution in [3.05, 3.63) is 0 Å². The summed E-state index contributed by atoms with van der Waals surface area (Å²) in [5.74, 6) is -0.457. The minimum Gasteiger partial charge on any atom is -0.481 e. The van der Waals surface area contributed by atoms with Gasteiger partial charge in [0.25, 0.3) is 0 Å². The lowest BCUT2D eigenvalue weighted by Gasteiger charge is -2.37. The van der Waals surface area contributed by atoms with Crippen molar-refractivity contribution in [1.29, 1.82) is 0 Å². The maximum Gasteiger partial charge on any atom is 0.410 e. The van der Waals surface area contributed by atoms with Gasteiger partial charge in [-0.05, 0) is 39.0 Å². The summed E-state index contributed by atoms with van der Waals surface area (Å²) < 4.78 is 5.31. The Labute approximate surface area is 108 Å². The van der Waals surface area contributed by atoms with Gasteiger partial charge in [-0.15, -0.1) is 0 Å². The molecule has 1 fully saturated rings. The molecular formula is C13H23NO4. The molecular weight excluding hydrogens is 234 g/mol. The summed E-state index contributed by atoms with van der Waals surface area (Å²) in [6, 6.07) is 0. The Kier molecular flexibility index (Phi) is 4.59. The molecule has 1 aliphatic rings. The van der Waals surface area contributed by atoms with E-state index in [0.717, 1.165) is 6.42 Å². The largest absolute Gasteiger partial charge is 0.481 e. The van der Waals surface area contributed by atoms with Crippen molar-refractivity contribution < 1.29 is 19.4 Å². The van der Waals surface area contributed by atoms with Gasteiger partial charge in [0.1, 0.15) is 5.60 Å². The molecule has 1 amide bonds. The van der Waals surface area contributed by atoms with Crippen molar-refractivity contribution in [2.75, 3.05) is 13.1 Å². The molecule has 1 N–H and O–H groups in total. The number of carboxylic acids is 1. The van der Waals surface area contributed by atoms with Gasteiger partial charge in [0.15, 0.2) is 0 Å². The molecule has 0 spiro atoms. The van der Waals surface area contributed by atoms with Crippen LogP contribution in [0.1, 0.15) is 40.5 Å². The zero-order chi connectivity index (χ0) is 13.9. The number of carbonyl (C=O) groups is 2. The van der Waals surface area contributed by atoms with Gasteiger partial charge >= 0.3 is 12.1 Å². The van der Waals surface area contributed by atoms with Gasteiger partial charge in [-0.1, -0.05) is 6.92 Å². The fourth-order valence-corrected chi connectivity index (χ4v) is 2.13. The van der Waals surface area contributed by atoms with Gasteiger partial charge in [0.05, 0.1) is 6.42 Å². The van der Waals surface area contributed by atoms with E-state index in [2.05, 4.69) is 0 Å². The first kappa shape index (κ1) is 14.8. The van der Waals surface area contributed by atoms with Gasteiger partial charge in [0.2, 0.25) is 0 Å². The molecule has 1 saturated heterocycles. The molecule has 1 aliphatic heterocycles. The Morgan fingerprint density at radius 1 is 1.39 bits per heavy atom. The SMILES string of the molecule is CC1CCN(C(=O)OC(C)(C)C)CC1CC(=O)O. The van der Waals surface area contributed by atoms with E-state index in [1.165, 1.54) is 0 Å². The zero-order valence-electron chi connectivity index (χ0n) is 11.6. The van der Waals surface area contributed by atoms with E-state index in [-0.39, 0.29) is 18.4 Å². The van der Waals surface area contributed by atoms with Gasteiger partial charge < -0.3 is 14.7 Å². The van der Waals surface area contributed by atoms with Crippen LogP contribution in [0.25, 0.3) is 0 Å². The minimum atomic E-state index is -0.808. The highest BCUT2D eigenvalue weighted by atomic mass is 16.6. The molecule has 104 valence electrons. The smallest absolute Gasteiger partial charge is 0.410 e. The monoisotopic (exact) mass is 257 g/mol. The average molecular weight is 257 g/mol. The highest BCUT2D eigenvalue weighted by Gasteiger charge is 2.32. The van der Waals surface area contributed by atoms with Crippen LogP contribution in [0.4, 0.5) is 4.79 Å². The van der Waals surface area contributed by atoms with Crippen LogP contribution in [0.3, 0.4) is 0 Å². The Hall–Kier alpha value is -1.26. The van der Waals surface area contributed by atoms with Gasteiger partial charge in [-0.2, -0.15) is 0 Å². The van der Waals surface area contributed by atoms with Crippen molar-refractivity contribution in [3.8, 4) is 0 Å². The molecule has 5 nitrogen and oxygen atoms in total. The molecule has 0 aromatic carbocycles. The normalized spacial score (nSPS) is 24.8. The Bertz CT molecular complexity index is 321. The summed E-state index contributed by atoms with van der Waals surface area (Å²) in [5, 5.41) is 8.86. The predicted molar refractivity (Wildman–Crippen MR) is 67.3 cm³/mol. The summed E-state index contributed by atoms with van der Waals surface area (Å²) >= 11 is 0. The van der Waals surface area contributed by atoms with Crippen molar-refractivity contribution >= 4 is 12.1 Å². The maximum absolute atomic E-state index is 11.9. The Balaban J connectivity index is 2.58. The van der Waals surface area contributed by atoms with Gasteiger partial charge in [0, 0.05) is 13.1 Å². The van der Waals surface area contributed by atoms with Gasteiger partial charge in [-0.3, -0.25) is 4.79 Å². The number of hydrogen-bond donors (Lipinski definition) is 1. The standard InChI is InChI=1S/C13H23NO4/c1-9-5-6-14(8-10(9)7-11(15)16)12(17)18-13(2,3)4/h9-10H,5-8H2,1-4H3,(H,15,16). The average Bonchev–Trinajstić information content (AvgIpc) is 2.17. The van der Waals surface area contributed by atoms with E-state index >= 15 is 0 Å². The van der Waals surface area contributed by atoms with E-state index < -0.39 is 11.6 Å². The first-order chi connectivity index (χ1) is 8.19. The molecule has 0 aromatic rings. The molecule has 0 radical (unpaired) electrons. The fraction of sp³-hybridized carbons (Fsp3) is 0.846. The lowest BCUT2D eigenvalue weighted by molar-refractivity contribution is -0.139.